The summed E-state index contributed by atoms with van der Waals surface area (Å²) in [5, 5.41) is 0. The van der Waals surface area contributed by atoms with Crippen LogP contribution in [0.2, 0.25) is 0 Å². The molecule has 65 heavy (non-hydrogen) atoms. The lowest BCUT2D eigenvalue weighted by atomic mass is 9.73. The fraction of sp³-hybridized carbons (Fsp3) is 0.333. The molecule has 6 aromatic carbocycles. The molecule has 6 aromatic rings. The monoisotopic (exact) mass is 906 g/mol. The maximum absolute atomic E-state index is 13.7. The summed E-state index contributed by atoms with van der Waals surface area (Å²) < 4.78 is 140. The Morgan fingerprint density at radius 2 is 0.554 bits per heavy atom. The maximum atomic E-state index is 13.7. The molecule has 0 aliphatic carbocycles. The summed E-state index contributed by atoms with van der Waals surface area (Å²) in [7, 11) is 0. The van der Waals surface area contributed by atoms with Crippen LogP contribution in [0.25, 0.3) is 0 Å². The van der Waals surface area contributed by atoms with Crippen LogP contribution in [0.5, 0.6) is 0 Å². The van der Waals surface area contributed by atoms with Crippen LogP contribution in [-0.2, 0) is 28.8 Å². The second-order valence-corrected chi connectivity index (χ2v) is 16.5. The van der Waals surface area contributed by atoms with Crippen molar-refractivity contribution in [3.8, 4) is 0 Å². The number of alkyl halides is 10. The Bertz CT molecular complexity index is 2100. The molecule has 0 unspecified atom stereocenters. The topological polar surface area (TPSA) is 9.23 Å². The van der Waals surface area contributed by atoms with E-state index in [1.165, 1.54) is 0 Å². The van der Waals surface area contributed by atoms with Gasteiger partial charge in [0.15, 0.2) is 0 Å². The maximum Gasteiger partial charge on any atom is 0.453 e. The third-order valence-corrected chi connectivity index (χ3v) is 12.0. The van der Waals surface area contributed by atoms with Crippen LogP contribution < -0.4 is 0 Å². The van der Waals surface area contributed by atoms with Crippen molar-refractivity contribution in [2.75, 3.05) is 0 Å². The zero-order chi connectivity index (χ0) is 46.6. The van der Waals surface area contributed by atoms with E-state index >= 15 is 0 Å². The molecular weight excluding hydrogens is 855 g/mol. The van der Waals surface area contributed by atoms with E-state index in [2.05, 4.69) is 0 Å². The molecule has 0 bridgehead atoms. The summed E-state index contributed by atoms with van der Waals surface area (Å²) in [5.74, 6) is -9.49. The highest BCUT2D eigenvalue weighted by Gasteiger charge is 2.57. The molecule has 0 N–H and O–H groups in total. The first-order chi connectivity index (χ1) is 31.0. The number of hydrogen-bond acceptors (Lipinski definition) is 1. The number of benzene rings is 6. The highest BCUT2D eigenvalue weighted by atomic mass is 19.4. The van der Waals surface area contributed by atoms with Gasteiger partial charge in [-0.2, -0.15) is 43.9 Å². The minimum absolute atomic E-state index is 0.189. The van der Waals surface area contributed by atoms with Crippen LogP contribution in [0.15, 0.2) is 170 Å². The molecule has 0 aliphatic rings. The number of aryl methyl sites for hydroxylation is 2. The fourth-order valence-electron chi connectivity index (χ4n) is 8.70. The normalized spacial score (nSPS) is 13.0. The second-order valence-electron chi connectivity index (χ2n) is 16.5. The Balaban J connectivity index is 1.48. The lowest BCUT2D eigenvalue weighted by Crippen LogP contribution is -2.45. The summed E-state index contributed by atoms with van der Waals surface area (Å²) in [6.45, 7) is 0. The molecule has 1 nitrogen and oxygen atoms in total. The number of ether oxygens (including phenoxy) is 1. The molecule has 0 aromatic heterocycles. The Morgan fingerprint density at radius 1 is 0.292 bits per heavy atom. The summed E-state index contributed by atoms with van der Waals surface area (Å²) >= 11 is 0. The van der Waals surface area contributed by atoms with Gasteiger partial charge in [-0.1, -0.05) is 196 Å². The fourth-order valence-corrected chi connectivity index (χ4v) is 8.70. The van der Waals surface area contributed by atoms with Crippen molar-refractivity contribution < 1.29 is 48.6 Å². The van der Waals surface area contributed by atoms with Crippen molar-refractivity contribution in [2.45, 2.75) is 112 Å². The van der Waals surface area contributed by atoms with Crippen molar-refractivity contribution >= 4 is 0 Å². The second kappa shape index (κ2) is 21.3. The average Bonchev–Trinajstić information content (AvgIpc) is 3.30. The third kappa shape index (κ3) is 11.3. The van der Waals surface area contributed by atoms with Crippen LogP contribution in [0.4, 0.5) is 43.9 Å². The van der Waals surface area contributed by atoms with Gasteiger partial charge in [-0.25, -0.2) is 0 Å². The van der Waals surface area contributed by atoms with E-state index in [0.29, 0.717) is 38.5 Å². The van der Waals surface area contributed by atoms with Crippen LogP contribution in [0, 0.1) is 0 Å². The van der Waals surface area contributed by atoms with Gasteiger partial charge in [0.2, 0.25) is 0 Å². The van der Waals surface area contributed by atoms with Gasteiger partial charge in [-0.3, -0.25) is 0 Å². The summed E-state index contributed by atoms with van der Waals surface area (Å²) in [6, 6.07) is 54.7. The highest BCUT2D eigenvalue weighted by molar-refractivity contribution is 5.56. The molecule has 0 radical (unpaired) electrons. The van der Waals surface area contributed by atoms with Gasteiger partial charge < -0.3 is 4.74 Å². The Hall–Kier alpha value is -5.42. The molecular formula is C54H52F10O. The minimum atomic E-state index is -5.59. The highest BCUT2D eigenvalue weighted by Crippen LogP contribution is 2.53. The Morgan fingerprint density at radius 3 is 0.846 bits per heavy atom. The molecule has 0 fully saturated rings. The molecule has 11 heteroatoms. The molecule has 344 valence electrons. The van der Waals surface area contributed by atoms with Gasteiger partial charge in [0.05, 0.1) is 0 Å². The number of rotatable bonds is 22. The quantitative estimate of drug-likeness (QED) is 0.0375. The van der Waals surface area contributed by atoms with E-state index < -0.39 is 48.2 Å². The summed E-state index contributed by atoms with van der Waals surface area (Å²) in [6.07, 6.45) is -11.1. The van der Waals surface area contributed by atoms with Crippen LogP contribution in [0.3, 0.4) is 0 Å². The van der Waals surface area contributed by atoms with E-state index in [1.54, 1.807) is 0 Å². The molecule has 0 amide bonds. The first-order valence-electron chi connectivity index (χ1n) is 22.0. The van der Waals surface area contributed by atoms with Gasteiger partial charge in [0.1, 0.15) is 11.2 Å². The smallest absolute Gasteiger partial charge is 0.340 e. The van der Waals surface area contributed by atoms with Gasteiger partial charge in [0.25, 0.3) is 0 Å². The lowest BCUT2D eigenvalue weighted by molar-refractivity contribution is -0.284. The SMILES string of the molecule is FC(F)(F)C(F)(F)CCCCCCc1ccccc1C(OC(c1ccccc1)(c1ccccc1)c1ccccc1CCCCCCC(F)(F)C(F)(F)F)(c1ccccc1)c1ccccc1. The minimum Gasteiger partial charge on any atom is -0.340 e. The van der Waals surface area contributed by atoms with Crippen molar-refractivity contribution in [2.24, 2.45) is 0 Å². The van der Waals surface area contributed by atoms with E-state index in [9.17, 15) is 43.9 Å². The first-order valence-corrected chi connectivity index (χ1v) is 22.0. The zero-order valence-electron chi connectivity index (χ0n) is 35.8. The number of halogens is 10. The molecule has 0 saturated carbocycles. The van der Waals surface area contributed by atoms with Crippen molar-refractivity contribution in [1.82, 2.24) is 0 Å². The average molecular weight is 907 g/mol. The first kappa shape index (κ1) is 49.0. The van der Waals surface area contributed by atoms with Crippen molar-refractivity contribution in [3.05, 3.63) is 214 Å². The van der Waals surface area contributed by atoms with Crippen LogP contribution in [0.1, 0.15) is 109 Å². The largest absolute Gasteiger partial charge is 0.453 e. The predicted octanol–water partition coefficient (Wildman–Crippen LogP) is 16.4. The van der Waals surface area contributed by atoms with E-state index in [4.69, 9.17) is 4.74 Å². The van der Waals surface area contributed by atoms with Crippen molar-refractivity contribution in [1.29, 1.82) is 0 Å². The zero-order valence-corrected chi connectivity index (χ0v) is 35.8. The molecule has 0 heterocycles. The van der Waals surface area contributed by atoms with Crippen LogP contribution in [-0.4, -0.2) is 24.2 Å². The Kier molecular flexibility index (Phi) is 16.0. The molecule has 0 aliphatic heterocycles. The van der Waals surface area contributed by atoms with E-state index in [0.717, 1.165) is 44.5 Å². The number of unbranched alkanes of at least 4 members (excludes halogenated alkanes) is 6. The number of hydrogen-bond donors (Lipinski definition) is 0. The van der Waals surface area contributed by atoms with E-state index in [-0.39, 0.29) is 25.7 Å². The predicted molar refractivity (Wildman–Crippen MR) is 235 cm³/mol. The molecule has 6 rings (SSSR count). The van der Waals surface area contributed by atoms with Gasteiger partial charge in [-0.05, 0) is 83.0 Å². The summed E-state index contributed by atoms with van der Waals surface area (Å²) in [5.41, 5.74) is 3.77. The molecule has 0 saturated heterocycles. The molecule has 0 atom stereocenters. The van der Waals surface area contributed by atoms with Gasteiger partial charge in [-0.15, -0.1) is 0 Å². The summed E-state index contributed by atoms with van der Waals surface area (Å²) in [4.78, 5) is 0. The third-order valence-electron chi connectivity index (χ3n) is 12.0. The lowest BCUT2D eigenvalue weighted by Gasteiger charge is -2.47. The van der Waals surface area contributed by atoms with Gasteiger partial charge >= 0.3 is 24.2 Å². The van der Waals surface area contributed by atoms with E-state index in [1.807, 2.05) is 170 Å². The van der Waals surface area contributed by atoms with Gasteiger partial charge in [0, 0.05) is 12.8 Å². The van der Waals surface area contributed by atoms with Crippen LogP contribution >= 0.6 is 0 Å². The molecule has 0 spiro atoms. The van der Waals surface area contributed by atoms with Crippen molar-refractivity contribution in [3.63, 3.8) is 0 Å². The standard InChI is InChI=1S/C54H52F10O/c55-49(56,53(59,60)61)39-23-3-1-9-25-41-27-19-21-37-47(41)51(43-29-11-5-12-30-43,44-31-13-6-14-32-44)65-52(45-33-15-7-16-34-45,46-35-17-8-18-36-46)48-38-22-20-28-42(48)26-10-2-4-24-40-50(57,58)54(62,63)64/h5-8,11-22,27-38H,1-4,9-10,23-26,39-40H2. The Labute approximate surface area is 374 Å².